The van der Waals surface area contributed by atoms with Crippen LogP contribution in [-0.4, -0.2) is 39.7 Å². The number of nitrogens with zero attached hydrogens (tertiary/aromatic N) is 2. The molecule has 0 atom stereocenters. The fourth-order valence-corrected chi connectivity index (χ4v) is 4.98. The van der Waals surface area contributed by atoms with Gasteiger partial charge in [0.1, 0.15) is 12.4 Å². The molecule has 0 aliphatic heterocycles. The third kappa shape index (κ3) is 7.34. The molecule has 1 heterocycles. The molecular formula is C33H38FN3O2. The normalized spacial score (nSPS) is 11.2. The fraction of sp³-hybridized carbons (Fsp3) is 0.333. The van der Waals surface area contributed by atoms with Crippen LogP contribution in [0, 0.1) is 18.7 Å². The zero-order valence-corrected chi connectivity index (χ0v) is 23.1. The van der Waals surface area contributed by atoms with Crippen LogP contribution >= 0.6 is 0 Å². The lowest BCUT2D eigenvalue weighted by Crippen LogP contribution is -2.44. The molecule has 0 spiro atoms. The summed E-state index contributed by atoms with van der Waals surface area (Å²) in [7, 11) is 0. The number of H-pyrrole nitrogens is 1. The van der Waals surface area contributed by atoms with E-state index in [1.54, 1.807) is 17.0 Å². The fourth-order valence-electron chi connectivity index (χ4n) is 4.98. The van der Waals surface area contributed by atoms with Gasteiger partial charge in [0.2, 0.25) is 11.8 Å². The molecule has 0 radical (unpaired) electrons. The van der Waals surface area contributed by atoms with Crippen LogP contribution in [0.25, 0.3) is 10.9 Å². The van der Waals surface area contributed by atoms with E-state index in [0.717, 1.165) is 33.2 Å². The Morgan fingerprint density at radius 2 is 1.46 bits per heavy atom. The van der Waals surface area contributed by atoms with Crippen molar-refractivity contribution in [3.8, 4) is 0 Å². The maximum absolute atomic E-state index is 13.9. The molecule has 1 aromatic heterocycles. The van der Waals surface area contributed by atoms with Crippen molar-refractivity contribution in [2.75, 3.05) is 13.1 Å². The third-order valence-electron chi connectivity index (χ3n) is 7.43. The number of nitrogens with one attached hydrogen (secondary N) is 1. The Morgan fingerprint density at radius 1 is 0.846 bits per heavy atom. The lowest BCUT2D eigenvalue weighted by Gasteiger charge is -2.30. The van der Waals surface area contributed by atoms with Crippen molar-refractivity contribution in [3.63, 3.8) is 0 Å². The number of aromatic amines is 1. The third-order valence-corrected chi connectivity index (χ3v) is 7.43. The number of amides is 2. The standard InChI is InChI=1S/C33H38FN3O2/c1-4-27(5-2)33(39)37(22-26-14-16-29(34)17-15-26)23-32(38)36(21-25-12-10-24(3)11-13-25)19-18-28-20-35-31-9-7-6-8-30(28)31/h6-17,20,27,35H,4-5,18-19,21-23H2,1-3H3. The molecule has 39 heavy (non-hydrogen) atoms. The van der Waals surface area contributed by atoms with E-state index in [-0.39, 0.29) is 36.6 Å². The van der Waals surface area contributed by atoms with E-state index in [2.05, 4.69) is 23.2 Å². The van der Waals surface area contributed by atoms with E-state index in [1.165, 1.54) is 12.1 Å². The van der Waals surface area contributed by atoms with Crippen molar-refractivity contribution >= 4 is 22.7 Å². The van der Waals surface area contributed by atoms with Crippen LogP contribution in [0.3, 0.4) is 0 Å². The number of aromatic nitrogens is 1. The summed E-state index contributed by atoms with van der Waals surface area (Å²) in [6, 6.07) is 22.5. The molecule has 1 N–H and O–H groups in total. The van der Waals surface area contributed by atoms with Crippen molar-refractivity contribution < 1.29 is 14.0 Å². The molecule has 0 unspecified atom stereocenters. The minimum atomic E-state index is -0.325. The van der Waals surface area contributed by atoms with Crippen molar-refractivity contribution in [2.45, 2.75) is 53.1 Å². The van der Waals surface area contributed by atoms with Crippen LogP contribution in [0.4, 0.5) is 4.39 Å². The largest absolute Gasteiger partial charge is 0.361 e. The van der Waals surface area contributed by atoms with E-state index in [0.29, 0.717) is 32.4 Å². The highest BCUT2D eigenvalue weighted by Crippen LogP contribution is 2.20. The van der Waals surface area contributed by atoms with Gasteiger partial charge < -0.3 is 14.8 Å². The molecule has 4 rings (SSSR count). The lowest BCUT2D eigenvalue weighted by atomic mass is 10.0. The summed E-state index contributed by atoms with van der Waals surface area (Å²) in [6.45, 7) is 7.27. The zero-order valence-electron chi connectivity index (χ0n) is 23.1. The highest BCUT2D eigenvalue weighted by molar-refractivity contribution is 5.86. The van der Waals surface area contributed by atoms with Gasteiger partial charge in [0, 0.05) is 42.7 Å². The molecule has 0 bridgehead atoms. The van der Waals surface area contributed by atoms with E-state index < -0.39 is 0 Å². The summed E-state index contributed by atoms with van der Waals surface area (Å²) in [5, 5.41) is 1.15. The average molecular weight is 528 g/mol. The predicted octanol–water partition coefficient (Wildman–Crippen LogP) is 6.65. The van der Waals surface area contributed by atoms with Crippen LogP contribution in [0.2, 0.25) is 0 Å². The summed E-state index contributed by atoms with van der Waals surface area (Å²) in [6.07, 6.45) is 4.12. The Kier molecular flexibility index (Phi) is 9.53. The first-order valence-electron chi connectivity index (χ1n) is 13.8. The molecule has 0 aliphatic rings. The van der Waals surface area contributed by atoms with Gasteiger partial charge >= 0.3 is 0 Å². The molecule has 4 aromatic rings. The Hall–Kier alpha value is -3.93. The SMILES string of the molecule is CCC(CC)C(=O)N(CC(=O)N(CCc1c[nH]c2ccccc12)Cc1ccc(C)cc1)Cc1ccc(F)cc1. The van der Waals surface area contributed by atoms with Crippen molar-refractivity contribution in [3.05, 3.63) is 107 Å². The maximum Gasteiger partial charge on any atom is 0.242 e. The van der Waals surface area contributed by atoms with Gasteiger partial charge in [-0.25, -0.2) is 4.39 Å². The van der Waals surface area contributed by atoms with Crippen LogP contribution < -0.4 is 0 Å². The summed E-state index contributed by atoms with van der Waals surface area (Å²) >= 11 is 0. The molecular weight excluding hydrogens is 489 g/mol. The Bertz CT molecular complexity index is 1370. The predicted molar refractivity (Wildman–Crippen MR) is 154 cm³/mol. The lowest BCUT2D eigenvalue weighted by molar-refractivity contribution is -0.144. The van der Waals surface area contributed by atoms with Crippen LogP contribution in [-0.2, 0) is 29.1 Å². The molecule has 0 saturated carbocycles. The van der Waals surface area contributed by atoms with Gasteiger partial charge in [-0.15, -0.1) is 0 Å². The number of benzene rings is 3. The van der Waals surface area contributed by atoms with Crippen molar-refractivity contribution in [1.29, 1.82) is 0 Å². The number of halogens is 1. The Morgan fingerprint density at radius 3 is 2.13 bits per heavy atom. The van der Waals surface area contributed by atoms with Crippen LogP contribution in [0.15, 0.2) is 79.0 Å². The van der Waals surface area contributed by atoms with Gasteiger partial charge in [-0.3, -0.25) is 9.59 Å². The number of para-hydroxylation sites is 1. The van der Waals surface area contributed by atoms with E-state index in [4.69, 9.17) is 0 Å². The second-order valence-electron chi connectivity index (χ2n) is 10.2. The number of carbonyl (C=O) groups excluding carboxylic acids is 2. The summed E-state index contributed by atoms with van der Waals surface area (Å²) in [5.74, 6) is -0.620. The number of aryl methyl sites for hydroxylation is 1. The molecule has 6 heteroatoms. The summed E-state index contributed by atoms with van der Waals surface area (Å²) < 4.78 is 13.5. The number of fused-ring (bicyclic) bond motifs is 1. The zero-order chi connectivity index (χ0) is 27.8. The van der Waals surface area contributed by atoms with E-state index in [9.17, 15) is 14.0 Å². The number of carbonyl (C=O) groups is 2. The van der Waals surface area contributed by atoms with Crippen LogP contribution in [0.1, 0.15) is 48.9 Å². The van der Waals surface area contributed by atoms with Gasteiger partial charge in [0.05, 0.1) is 0 Å². The van der Waals surface area contributed by atoms with E-state index in [1.807, 2.05) is 62.2 Å². The first kappa shape index (κ1) is 28.1. The molecule has 0 aliphatic carbocycles. The first-order chi connectivity index (χ1) is 18.9. The Balaban J connectivity index is 1.57. The maximum atomic E-state index is 13.9. The topological polar surface area (TPSA) is 56.4 Å². The van der Waals surface area contributed by atoms with Gasteiger partial charge in [0.25, 0.3) is 0 Å². The first-order valence-corrected chi connectivity index (χ1v) is 13.8. The van der Waals surface area contributed by atoms with Crippen LogP contribution in [0.5, 0.6) is 0 Å². The van der Waals surface area contributed by atoms with Crippen molar-refractivity contribution in [1.82, 2.24) is 14.8 Å². The highest BCUT2D eigenvalue weighted by Gasteiger charge is 2.26. The van der Waals surface area contributed by atoms with E-state index >= 15 is 0 Å². The minimum absolute atomic E-state index is 0.0214. The highest BCUT2D eigenvalue weighted by atomic mass is 19.1. The molecule has 3 aromatic carbocycles. The average Bonchev–Trinajstić information content (AvgIpc) is 3.36. The van der Waals surface area contributed by atoms with Gasteiger partial charge in [-0.2, -0.15) is 0 Å². The van der Waals surface area contributed by atoms with Gasteiger partial charge in [0.15, 0.2) is 0 Å². The quantitative estimate of drug-likeness (QED) is 0.224. The molecule has 5 nitrogen and oxygen atoms in total. The number of rotatable bonds is 12. The number of hydrogen-bond donors (Lipinski definition) is 1. The number of hydrogen-bond acceptors (Lipinski definition) is 2. The second-order valence-corrected chi connectivity index (χ2v) is 10.2. The monoisotopic (exact) mass is 527 g/mol. The molecule has 2 amide bonds. The van der Waals surface area contributed by atoms with Gasteiger partial charge in [-0.1, -0.05) is 74.0 Å². The minimum Gasteiger partial charge on any atom is -0.361 e. The van der Waals surface area contributed by atoms with Crippen molar-refractivity contribution in [2.24, 2.45) is 5.92 Å². The Labute approximate surface area is 230 Å². The molecule has 0 fully saturated rings. The molecule has 0 saturated heterocycles. The molecule has 204 valence electrons. The smallest absolute Gasteiger partial charge is 0.242 e. The van der Waals surface area contributed by atoms with Gasteiger partial charge in [-0.05, 0) is 61.1 Å². The summed E-state index contributed by atoms with van der Waals surface area (Å²) in [5.41, 5.74) is 5.24. The second kappa shape index (κ2) is 13.2. The summed E-state index contributed by atoms with van der Waals surface area (Å²) in [4.78, 5) is 34.2.